The van der Waals surface area contributed by atoms with E-state index in [1.807, 2.05) is 13.8 Å². The maximum absolute atomic E-state index is 12.6. The van der Waals surface area contributed by atoms with Gasteiger partial charge in [0.05, 0.1) is 4.90 Å². The van der Waals surface area contributed by atoms with Crippen LogP contribution in [-0.2, 0) is 10.0 Å². The van der Waals surface area contributed by atoms with E-state index in [1.165, 1.54) is 12.1 Å². The highest BCUT2D eigenvalue weighted by molar-refractivity contribution is 7.89. The fourth-order valence-corrected chi connectivity index (χ4v) is 3.16. The second-order valence-electron chi connectivity index (χ2n) is 5.25. The van der Waals surface area contributed by atoms with E-state index in [9.17, 15) is 13.2 Å². The monoisotopic (exact) mass is 324 g/mol. The lowest BCUT2D eigenvalue weighted by atomic mass is 10.1. The average molecular weight is 324 g/mol. The van der Waals surface area contributed by atoms with Crippen LogP contribution in [0.15, 0.2) is 35.2 Å². The van der Waals surface area contributed by atoms with Crippen molar-refractivity contribution in [2.24, 2.45) is 0 Å². The van der Waals surface area contributed by atoms with E-state index in [1.54, 1.807) is 24.8 Å². The molecule has 0 radical (unpaired) electrons. The van der Waals surface area contributed by atoms with Crippen molar-refractivity contribution in [3.8, 4) is 0 Å². The van der Waals surface area contributed by atoms with Gasteiger partial charge in [0, 0.05) is 25.2 Å². The van der Waals surface area contributed by atoms with Gasteiger partial charge in [-0.2, -0.15) is 0 Å². The summed E-state index contributed by atoms with van der Waals surface area (Å²) in [5, 5.41) is 0. The molecule has 0 saturated carbocycles. The van der Waals surface area contributed by atoms with Gasteiger partial charge in [-0.15, -0.1) is 0 Å². The highest BCUT2D eigenvalue weighted by atomic mass is 32.2. The minimum atomic E-state index is -3.58. The summed E-state index contributed by atoms with van der Waals surface area (Å²) >= 11 is 0. The van der Waals surface area contributed by atoms with Crippen molar-refractivity contribution in [3.63, 3.8) is 0 Å². The number of carbonyl (C=O) groups excluding carboxylic acids is 1. The molecule has 0 aromatic heterocycles. The van der Waals surface area contributed by atoms with Crippen LogP contribution >= 0.6 is 0 Å². The number of sulfonamides is 1. The number of hydrogen-bond acceptors (Lipinski definition) is 3. The van der Waals surface area contributed by atoms with Gasteiger partial charge >= 0.3 is 0 Å². The normalized spacial score (nSPS) is 11.3. The van der Waals surface area contributed by atoms with Crippen LogP contribution in [0.5, 0.6) is 0 Å². The molecule has 1 rings (SSSR count). The van der Waals surface area contributed by atoms with Crippen molar-refractivity contribution in [1.82, 2.24) is 9.62 Å². The van der Waals surface area contributed by atoms with Gasteiger partial charge < -0.3 is 4.90 Å². The summed E-state index contributed by atoms with van der Waals surface area (Å²) in [6, 6.07) is 4.61. The van der Waals surface area contributed by atoms with Crippen molar-refractivity contribution in [2.45, 2.75) is 32.6 Å². The molecule has 122 valence electrons. The minimum Gasteiger partial charge on any atom is -0.335 e. The van der Waals surface area contributed by atoms with Gasteiger partial charge in [-0.25, -0.2) is 13.1 Å². The van der Waals surface area contributed by atoms with Crippen molar-refractivity contribution in [2.75, 3.05) is 19.6 Å². The molecule has 0 aliphatic heterocycles. The first-order valence-corrected chi connectivity index (χ1v) is 8.75. The maximum atomic E-state index is 12.6. The Morgan fingerprint density at radius 1 is 1.32 bits per heavy atom. The molecule has 0 unspecified atom stereocenters. The molecule has 6 heteroatoms. The topological polar surface area (TPSA) is 66.5 Å². The number of nitrogens with zero attached hydrogens (tertiary/aromatic N) is 1. The SMILES string of the molecule is C=C(C)CN(CC)C(=O)c1cc(S(=O)(=O)NCC)ccc1C. The first-order chi connectivity index (χ1) is 10.2. The van der Waals surface area contributed by atoms with Crippen LogP contribution in [0.3, 0.4) is 0 Å². The lowest BCUT2D eigenvalue weighted by Gasteiger charge is -2.22. The summed E-state index contributed by atoms with van der Waals surface area (Å²) in [5.74, 6) is -0.184. The molecule has 0 heterocycles. The van der Waals surface area contributed by atoms with Crippen molar-refractivity contribution < 1.29 is 13.2 Å². The Bertz CT molecular complexity index is 666. The zero-order chi connectivity index (χ0) is 16.9. The molecule has 0 bridgehead atoms. The Kier molecular flexibility index (Phi) is 6.32. The van der Waals surface area contributed by atoms with Crippen LogP contribution in [0.25, 0.3) is 0 Å². The summed E-state index contributed by atoms with van der Waals surface area (Å²) in [4.78, 5) is 14.4. The van der Waals surface area contributed by atoms with Gasteiger partial charge in [0.25, 0.3) is 5.91 Å². The second-order valence-corrected chi connectivity index (χ2v) is 7.02. The Hall–Kier alpha value is -1.66. The number of aryl methyl sites for hydroxylation is 1. The summed E-state index contributed by atoms with van der Waals surface area (Å²) in [5.41, 5.74) is 2.03. The summed E-state index contributed by atoms with van der Waals surface area (Å²) in [6.45, 7) is 12.4. The van der Waals surface area contributed by atoms with E-state index < -0.39 is 10.0 Å². The summed E-state index contributed by atoms with van der Waals surface area (Å²) < 4.78 is 26.6. The minimum absolute atomic E-state index is 0.106. The lowest BCUT2D eigenvalue weighted by molar-refractivity contribution is 0.0777. The molecular formula is C16H24N2O3S. The van der Waals surface area contributed by atoms with Gasteiger partial charge in [-0.3, -0.25) is 4.79 Å². The van der Waals surface area contributed by atoms with Gasteiger partial charge in [-0.1, -0.05) is 25.1 Å². The zero-order valence-electron chi connectivity index (χ0n) is 13.6. The number of carbonyl (C=O) groups is 1. The van der Waals surface area contributed by atoms with E-state index in [0.29, 0.717) is 25.2 Å². The van der Waals surface area contributed by atoms with Gasteiger partial charge in [-0.05, 0) is 38.5 Å². The number of likely N-dealkylation sites (N-methyl/N-ethyl adjacent to an activating group) is 1. The first kappa shape index (κ1) is 18.4. The van der Waals surface area contributed by atoms with Crippen molar-refractivity contribution >= 4 is 15.9 Å². The molecule has 0 atom stereocenters. The third-order valence-electron chi connectivity index (χ3n) is 3.21. The van der Waals surface area contributed by atoms with Crippen LogP contribution in [0.2, 0.25) is 0 Å². The number of rotatable bonds is 7. The van der Waals surface area contributed by atoms with Crippen LogP contribution in [0.4, 0.5) is 0 Å². The highest BCUT2D eigenvalue weighted by Gasteiger charge is 2.20. The van der Waals surface area contributed by atoms with Crippen LogP contribution in [0, 0.1) is 6.92 Å². The quantitative estimate of drug-likeness (QED) is 0.783. The molecular weight excluding hydrogens is 300 g/mol. The molecule has 0 spiro atoms. The Labute approximate surface area is 133 Å². The molecule has 5 nitrogen and oxygen atoms in total. The standard InChI is InChI=1S/C16H24N2O3S/c1-6-17-22(20,21)14-9-8-13(5)15(10-14)16(19)18(7-2)11-12(3)4/h8-10,17H,3,6-7,11H2,1-2,4-5H3. The Morgan fingerprint density at radius 2 is 1.95 bits per heavy atom. The lowest BCUT2D eigenvalue weighted by Crippen LogP contribution is -2.33. The maximum Gasteiger partial charge on any atom is 0.254 e. The fraction of sp³-hybridized carbons (Fsp3) is 0.438. The van der Waals surface area contributed by atoms with Gasteiger partial charge in [0.15, 0.2) is 0 Å². The zero-order valence-corrected chi connectivity index (χ0v) is 14.5. The van der Waals surface area contributed by atoms with Crippen molar-refractivity contribution in [1.29, 1.82) is 0 Å². The van der Waals surface area contributed by atoms with Crippen LogP contribution in [-0.4, -0.2) is 38.9 Å². The fourth-order valence-electron chi connectivity index (χ4n) is 2.10. The summed E-state index contributed by atoms with van der Waals surface area (Å²) in [6.07, 6.45) is 0. The van der Waals surface area contributed by atoms with Crippen LogP contribution < -0.4 is 4.72 Å². The predicted molar refractivity (Wildman–Crippen MR) is 88.4 cm³/mol. The first-order valence-electron chi connectivity index (χ1n) is 7.26. The summed E-state index contributed by atoms with van der Waals surface area (Å²) in [7, 11) is -3.58. The predicted octanol–water partition coefficient (Wildman–Crippen LogP) is 2.33. The average Bonchev–Trinajstić information content (AvgIpc) is 2.44. The Morgan fingerprint density at radius 3 is 2.45 bits per heavy atom. The molecule has 1 aromatic rings. The van der Waals surface area contributed by atoms with E-state index in [2.05, 4.69) is 11.3 Å². The second kappa shape index (κ2) is 7.56. The molecule has 0 aliphatic rings. The number of amides is 1. The van der Waals surface area contributed by atoms with E-state index in [-0.39, 0.29) is 10.8 Å². The Balaban J connectivity index is 3.24. The van der Waals surface area contributed by atoms with Gasteiger partial charge in [0.2, 0.25) is 10.0 Å². The van der Waals surface area contributed by atoms with Crippen LogP contribution in [0.1, 0.15) is 36.7 Å². The van der Waals surface area contributed by atoms with E-state index >= 15 is 0 Å². The number of benzene rings is 1. The number of hydrogen-bond donors (Lipinski definition) is 1. The third kappa shape index (κ3) is 4.42. The van der Waals surface area contributed by atoms with Crippen molar-refractivity contribution in [3.05, 3.63) is 41.5 Å². The molecule has 1 aromatic carbocycles. The van der Waals surface area contributed by atoms with Gasteiger partial charge in [0.1, 0.15) is 0 Å². The van der Waals surface area contributed by atoms with E-state index in [0.717, 1.165) is 11.1 Å². The molecule has 22 heavy (non-hydrogen) atoms. The molecule has 1 N–H and O–H groups in total. The number of nitrogens with one attached hydrogen (secondary N) is 1. The smallest absolute Gasteiger partial charge is 0.254 e. The highest BCUT2D eigenvalue weighted by Crippen LogP contribution is 2.18. The molecule has 0 aliphatic carbocycles. The molecule has 1 amide bonds. The molecule has 0 saturated heterocycles. The molecule has 0 fully saturated rings. The van der Waals surface area contributed by atoms with E-state index in [4.69, 9.17) is 0 Å². The largest absolute Gasteiger partial charge is 0.335 e. The third-order valence-corrected chi connectivity index (χ3v) is 4.76.